The molecule has 3 aromatic rings. The van der Waals surface area contributed by atoms with E-state index in [0.717, 1.165) is 42.0 Å². The second-order valence-corrected chi connectivity index (χ2v) is 10.8. The molecular weight excluding hydrogens is 602 g/mol. The molecule has 2 aliphatic rings. The van der Waals surface area contributed by atoms with E-state index in [9.17, 15) is 49.2 Å². The first-order chi connectivity index (χ1) is 20.9. The number of aromatic hydroxyl groups is 3. The molecule has 228 valence electrons. The van der Waals surface area contributed by atoms with Crippen molar-refractivity contribution in [1.29, 1.82) is 0 Å². The summed E-state index contributed by atoms with van der Waals surface area (Å²) in [6.45, 7) is 0.836. The molecule has 1 unspecified atom stereocenters. The third-order valence-corrected chi connectivity index (χ3v) is 8.24. The molecule has 3 amide bonds. The predicted molar refractivity (Wildman–Crippen MR) is 150 cm³/mol. The number of aliphatic carboxylic acids is 1. The molecule has 5 rings (SSSR count). The van der Waals surface area contributed by atoms with Gasteiger partial charge in [0.1, 0.15) is 47.3 Å². The zero-order valence-corrected chi connectivity index (χ0v) is 23.4. The molecule has 1 fully saturated rings. The highest BCUT2D eigenvalue weighted by Gasteiger charge is 2.54. The molecule has 0 spiro atoms. The third kappa shape index (κ3) is 5.37. The van der Waals surface area contributed by atoms with Gasteiger partial charge in [-0.15, -0.1) is 11.8 Å². The molecule has 16 heteroatoms. The molecule has 0 bridgehead atoms. The fraction of sp³-hybridized carbons (Fsp3) is 0.214. The van der Waals surface area contributed by atoms with Gasteiger partial charge in [0.2, 0.25) is 17.1 Å². The minimum absolute atomic E-state index is 0.0962. The van der Waals surface area contributed by atoms with Crippen LogP contribution in [0.2, 0.25) is 0 Å². The summed E-state index contributed by atoms with van der Waals surface area (Å²) >= 11 is 1.14. The summed E-state index contributed by atoms with van der Waals surface area (Å²) in [5.41, 5.74) is -1.75. The van der Waals surface area contributed by atoms with E-state index < -0.39 is 69.6 Å². The van der Waals surface area contributed by atoms with Crippen molar-refractivity contribution in [3.8, 4) is 17.2 Å². The minimum Gasteiger partial charge on any atom is -0.508 e. The normalized spacial score (nSPS) is 18.2. The number of benzene rings is 2. The van der Waals surface area contributed by atoms with Crippen LogP contribution in [0.1, 0.15) is 28.9 Å². The number of β-lactam (4-membered cyclic amide) rings is 1. The number of carboxylic acids is 1. The van der Waals surface area contributed by atoms with Crippen LogP contribution in [0.25, 0.3) is 11.0 Å². The number of phenolic OH excluding ortho intramolecular Hbond substituents is 3. The van der Waals surface area contributed by atoms with Gasteiger partial charge in [-0.05, 0) is 29.8 Å². The van der Waals surface area contributed by atoms with Crippen LogP contribution in [0.3, 0.4) is 0 Å². The van der Waals surface area contributed by atoms with Gasteiger partial charge in [0.25, 0.3) is 11.8 Å². The van der Waals surface area contributed by atoms with E-state index in [1.165, 1.54) is 24.3 Å². The van der Waals surface area contributed by atoms with Crippen LogP contribution in [0.15, 0.2) is 63.1 Å². The second kappa shape index (κ2) is 11.6. The molecule has 3 atom stereocenters. The number of nitrogens with zero attached hydrogens (tertiary/aromatic N) is 1. The maximum Gasteiger partial charge on any atom is 0.352 e. The zero-order chi connectivity index (χ0) is 31.9. The summed E-state index contributed by atoms with van der Waals surface area (Å²) in [4.78, 5) is 77.1. The van der Waals surface area contributed by atoms with Gasteiger partial charge in [-0.3, -0.25) is 28.9 Å². The van der Waals surface area contributed by atoms with Crippen LogP contribution in [-0.4, -0.2) is 78.8 Å². The quantitative estimate of drug-likeness (QED) is 0.115. The number of carboxylic acid groups (broad SMARTS) is 1. The van der Waals surface area contributed by atoms with Crippen molar-refractivity contribution < 1.29 is 53.6 Å². The average molecular weight is 626 g/mol. The Bertz CT molecular complexity index is 1820. The predicted octanol–water partition coefficient (Wildman–Crippen LogP) is 0.683. The topological polar surface area (TPSA) is 233 Å². The number of amides is 3. The highest BCUT2D eigenvalue weighted by molar-refractivity contribution is 8.00. The Balaban J connectivity index is 1.40. The summed E-state index contributed by atoms with van der Waals surface area (Å²) in [6, 6.07) is 4.67. The Kier molecular flexibility index (Phi) is 7.93. The first-order valence-electron chi connectivity index (χ1n) is 12.8. The van der Waals surface area contributed by atoms with E-state index in [1.54, 1.807) is 0 Å². The third-order valence-electron chi connectivity index (χ3n) is 6.90. The van der Waals surface area contributed by atoms with Crippen molar-refractivity contribution in [2.75, 3.05) is 12.4 Å². The van der Waals surface area contributed by atoms with E-state index in [0.29, 0.717) is 0 Å². The van der Waals surface area contributed by atoms with Gasteiger partial charge in [0.05, 0.1) is 5.39 Å². The highest BCUT2D eigenvalue weighted by atomic mass is 32.2. The molecule has 0 saturated carbocycles. The van der Waals surface area contributed by atoms with E-state index in [-0.39, 0.29) is 45.9 Å². The molecule has 0 aliphatic carbocycles. The number of nitrogens with one attached hydrogen (secondary N) is 2. The number of hydrogen-bond donors (Lipinski definition) is 6. The Labute approximate surface area is 250 Å². The van der Waals surface area contributed by atoms with E-state index in [1.807, 2.05) is 0 Å². The van der Waals surface area contributed by atoms with Gasteiger partial charge in [-0.2, -0.15) is 0 Å². The van der Waals surface area contributed by atoms with Crippen LogP contribution in [0.4, 0.5) is 0 Å². The van der Waals surface area contributed by atoms with Gasteiger partial charge in [-0.25, -0.2) is 4.79 Å². The summed E-state index contributed by atoms with van der Waals surface area (Å²) in [5, 5.41) is 43.0. The summed E-state index contributed by atoms with van der Waals surface area (Å²) in [7, 11) is 0. The largest absolute Gasteiger partial charge is 0.508 e. The minimum atomic E-state index is -1.50. The van der Waals surface area contributed by atoms with Crippen molar-refractivity contribution >= 4 is 52.4 Å². The lowest BCUT2D eigenvalue weighted by Crippen LogP contribution is -2.71. The molecule has 6 N–H and O–H groups in total. The number of esters is 1. The van der Waals surface area contributed by atoms with Crippen LogP contribution < -0.4 is 16.1 Å². The van der Waals surface area contributed by atoms with Crippen molar-refractivity contribution in [2.24, 2.45) is 0 Å². The standard InChI is InChI=1S/C28H23N3O12S/c1-11(32)42-8-13-10-44-27-19(26(39)31(27)20(13)28(40)41)30-25(38)18(12-2-4-14(33)5-3-12)29-24(37)16-9-43-23-15(21(16)35)6-7-17(34)22(23)36/h2-7,9,18-19,27,33-34,36H,8,10H2,1H3,(H,29,37)(H,30,38)(H,40,41)/t18?,19-,27+/m1/s1. The Hall–Kier alpha value is -5.51. The molecule has 3 heterocycles. The molecule has 1 aromatic heterocycles. The van der Waals surface area contributed by atoms with Crippen molar-refractivity contribution in [1.82, 2.24) is 15.5 Å². The summed E-state index contributed by atoms with van der Waals surface area (Å²) in [5.74, 6) is -6.03. The second-order valence-electron chi connectivity index (χ2n) is 9.72. The van der Waals surface area contributed by atoms with Crippen LogP contribution in [0.5, 0.6) is 17.2 Å². The molecule has 15 nitrogen and oxygen atoms in total. The van der Waals surface area contributed by atoms with Gasteiger partial charge in [0, 0.05) is 18.2 Å². The molecule has 0 radical (unpaired) electrons. The van der Waals surface area contributed by atoms with Gasteiger partial charge in [0.15, 0.2) is 11.3 Å². The number of phenols is 3. The number of hydrogen-bond acceptors (Lipinski definition) is 12. The smallest absolute Gasteiger partial charge is 0.352 e. The van der Waals surface area contributed by atoms with Crippen molar-refractivity contribution in [3.63, 3.8) is 0 Å². The summed E-state index contributed by atoms with van der Waals surface area (Å²) < 4.78 is 10.1. The van der Waals surface area contributed by atoms with Crippen molar-refractivity contribution in [2.45, 2.75) is 24.4 Å². The lowest BCUT2D eigenvalue weighted by molar-refractivity contribution is -0.151. The first-order valence-corrected chi connectivity index (χ1v) is 13.8. The monoisotopic (exact) mass is 625 g/mol. The fourth-order valence-electron chi connectivity index (χ4n) is 4.73. The molecule has 44 heavy (non-hydrogen) atoms. The maximum atomic E-state index is 13.5. The SMILES string of the molecule is CC(=O)OCC1=C(C(=O)O)N2C(=O)[C@@H](NC(=O)C(NC(=O)c3coc4c(O)c(O)ccc4c3=O)c3ccc(O)cc3)[C@@H]2SC1. The average Bonchev–Trinajstić information content (AvgIpc) is 2.99. The highest BCUT2D eigenvalue weighted by Crippen LogP contribution is 2.40. The zero-order valence-electron chi connectivity index (χ0n) is 22.6. The molecule has 2 aromatic carbocycles. The van der Waals surface area contributed by atoms with Crippen LogP contribution in [-0.2, 0) is 23.9 Å². The van der Waals surface area contributed by atoms with Crippen molar-refractivity contribution in [3.05, 3.63) is 75.3 Å². The van der Waals surface area contributed by atoms with Crippen LogP contribution >= 0.6 is 11.8 Å². The van der Waals surface area contributed by atoms with Gasteiger partial charge >= 0.3 is 11.9 Å². The lowest BCUT2D eigenvalue weighted by atomic mass is 10.0. The Morgan fingerprint density at radius 2 is 1.80 bits per heavy atom. The number of fused-ring (bicyclic) bond motifs is 2. The Morgan fingerprint density at radius 3 is 2.45 bits per heavy atom. The first kappa shape index (κ1) is 30.0. The van der Waals surface area contributed by atoms with Crippen LogP contribution in [0, 0.1) is 0 Å². The van der Waals surface area contributed by atoms with E-state index >= 15 is 0 Å². The Morgan fingerprint density at radius 1 is 1.09 bits per heavy atom. The number of ether oxygens (including phenoxy) is 1. The molecule has 2 aliphatic heterocycles. The maximum absolute atomic E-state index is 13.5. The molecular formula is C28H23N3O12S. The van der Waals surface area contributed by atoms with Gasteiger partial charge < -0.3 is 40.2 Å². The number of rotatable bonds is 8. The fourth-order valence-corrected chi connectivity index (χ4v) is 6.05. The number of carbonyl (C=O) groups is 5. The molecule has 1 saturated heterocycles. The van der Waals surface area contributed by atoms with Gasteiger partial charge in [-0.1, -0.05) is 12.1 Å². The number of thioether (sulfide) groups is 1. The van der Waals surface area contributed by atoms with E-state index in [2.05, 4.69) is 10.6 Å². The number of carbonyl (C=O) groups excluding carboxylic acids is 4. The lowest BCUT2D eigenvalue weighted by Gasteiger charge is -2.49. The van der Waals surface area contributed by atoms with E-state index in [4.69, 9.17) is 9.15 Å². The summed E-state index contributed by atoms with van der Waals surface area (Å²) in [6.07, 6.45) is 0.754.